The molecule has 0 aromatic heterocycles. The first-order valence-corrected chi connectivity index (χ1v) is 3.52. The molecule has 0 aromatic carbocycles. The van der Waals surface area contributed by atoms with E-state index in [1.165, 1.54) is 0 Å². The summed E-state index contributed by atoms with van der Waals surface area (Å²) >= 11 is 0. The highest BCUT2D eigenvalue weighted by Crippen LogP contribution is 2.12. The molecule has 1 aliphatic rings. The van der Waals surface area contributed by atoms with Crippen molar-refractivity contribution in [3.8, 4) is 0 Å². The summed E-state index contributed by atoms with van der Waals surface area (Å²) in [7, 11) is 0. The zero-order valence-electron chi connectivity index (χ0n) is 6.25. The van der Waals surface area contributed by atoms with Gasteiger partial charge in [0.15, 0.2) is 6.23 Å². The smallest absolute Gasteiger partial charge is 0.209 e. The maximum Gasteiger partial charge on any atom is 0.209 e. The first-order valence-electron chi connectivity index (χ1n) is 3.52. The van der Waals surface area contributed by atoms with Crippen LogP contribution in [-0.2, 0) is 9.53 Å². The number of nitrogens with one attached hydrogen (secondary N) is 1. The molecule has 0 radical (unpaired) electrons. The number of amides is 1. The predicted molar refractivity (Wildman–Crippen MR) is 37.0 cm³/mol. The lowest BCUT2D eigenvalue weighted by molar-refractivity contribution is -0.194. The molecule has 1 aliphatic heterocycles. The molecule has 0 aromatic rings. The molecule has 1 amide bonds. The van der Waals surface area contributed by atoms with Gasteiger partial charge in [0.2, 0.25) is 6.41 Å². The van der Waals surface area contributed by atoms with E-state index in [4.69, 9.17) is 14.9 Å². The van der Waals surface area contributed by atoms with E-state index < -0.39 is 24.5 Å². The van der Waals surface area contributed by atoms with Gasteiger partial charge < -0.3 is 25.4 Å². The summed E-state index contributed by atoms with van der Waals surface area (Å²) in [5.41, 5.74) is 0. The highest BCUT2D eigenvalue weighted by molar-refractivity contribution is 5.46. The molecule has 6 heteroatoms. The SMILES string of the molecule is O=CNC1OC[C@@H](O)[C@@H](O)[C@@H]1O. The maximum absolute atomic E-state index is 9.96. The van der Waals surface area contributed by atoms with Crippen LogP contribution in [0.3, 0.4) is 0 Å². The molecule has 1 saturated heterocycles. The van der Waals surface area contributed by atoms with Crippen molar-refractivity contribution in [3.63, 3.8) is 0 Å². The van der Waals surface area contributed by atoms with Gasteiger partial charge in [0.1, 0.15) is 18.3 Å². The molecule has 1 fully saturated rings. The molecule has 0 saturated carbocycles. The fourth-order valence-electron chi connectivity index (χ4n) is 1.02. The monoisotopic (exact) mass is 177 g/mol. The molecule has 0 spiro atoms. The quantitative estimate of drug-likeness (QED) is 0.341. The number of carbonyl (C=O) groups is 1. The Morgan fingerprint density at radius 1 is 1.33 bits per heavy atom. The molecular weight excluding hydrogens is 166 g/mol. The van der Waals surface area contributed by atoms with Crippen LogP contribution >= 0.6 is 0 Å². The van der Waals surface area contributed by atoms with Crippen LogP contribution in [0.5, 0.6) is 0 Å². The van der Waals surface area contributed by atoms with Gasteiger partial charge in [-0.2, -0.15) is 0 Å². The van der Waals surface area contributed by atoms with Gasteiger partial charge in [0.05, 0.1) is 6.61 Å². The van der Waals surface area contributed by atoms with E-state index >= 15 is 0 Å². The van der Waals surface area contributed by atoms with Crippen LogP contribution in [0.2, 0.25) is 0 Å². The summed E-state index contributed by atoms with van der Waals surface area (Å²) in [6.07, 6.45) is -4.26. The average molecular weight is 177 g/mol. The van der Waals surface area contributed by atoms with Crippen LogP contribution in [0, 0.1) is 0 Å². The zero-order chi connectivity index (χ0) is 9.14. The molecule has 12 heavy (non-hydrogen) atoms. The number of carbonyl (C=O) groups excluding carboxylic acids is 1. The second-order valence-electron chi connectivity index (χ2n) is 2.59. The van der Waals surface area contributed by atoms with E-state index in [1.54, 1.807) is 0 Å². The second kappa shape index (κ2) is 3.81. The normalized spacial score (nSPS) is 42.2. The van der Waals surface area contributed by atoms with Crippen LogP contribution in [-0.4, -0.2) is 52.9 Å². The summed E-state index contributed by atoms with van der Waals surface area (Å²) in [6, 6.07) is 0. The van der Waals surface area contributed by atoms with Gasteiger partial charge in [-0.25, -0.2) is 0 Å². The van der Waals surface area contributed by atoms with Crippen LogP contribution in [0.4, 0.5) is 0 Å². The Balaban J connectivity index is 2.52. The van der Waals surface area contributed by atoms with Crippen molar-refractivity contribution in [1.29, 1.82) is 0 Å². The minimum Gasteiger partial charge on any atom is -0.388 e. The van der Waals surface area contributed by atoms with Crippen molar-refractivity contribution >= 4 is 6.41 Å². The summed E-state index contributed by atoms with van der Waals surface area (Å²) < 4.78 is 4.81. The lowest BCUT2D eigenvalue weighted by Crippen LogP contribution is -2.57. The van der Waals surface area contributed by atoms with Crippen molar-refractivity contribution in [1.82, 2.24) is 5.32 Å². The van der Waals surface area contributed by atoms with Crippen LogP contribution in [0.25, 0.3) is 0 Å². The fourth-order valence-corrected chi connectivity index (χ4v) is 1.02. The first kappa shape index (κ1) is 9.40. The topological polar surface area (TPSA) is 99.0 Å². The molecule has 1 unspecified atom stereocenters. The Bertz CT molecular complexity index is 164. The molecule has 4 atom stereocenters. The van der Waals surface area contributed by atoms with Crippen molar-refractivity contribution in [2.24, 2.45) is 0 Å². The van der Waals surface area contributed by atoms with E-state index in [0.29, 0.717) is 6.41 Å². The fraction of sp³-hybridized carbons (Fsp3) is 0.833. The number of aliphatic hydroxyl groups is 3. The molecule has 4 N–H and O–H groups in total. The second-order valence-corrected chi connectivity index (χ2v) is 2.59. The standard InChI is InChI=1S/C6H11NO5/c8-2-7-6-5(11)4(10)3(9)1-12-6/h2-6,9-11H,1H2,(H,7,8)/t3-,4-,5+,6?/m1/s1. The van der Waals surface area contributed by atoms with Crippen molar-refractivity contribution in [2.45, 2.75) is 24.5 Å². The molecule has 0 aliphatic carbocycles. The molecule has 70 valence electrons. The zero-order valence-corrected chi connectivity index (χ0v) is 6.25. The average Bonchev–Trinajstić information content (AvgIpc) is 2.07. The van der Waals surface area contributed by atoms with Crippen LogP contribution in [0.1, 0.15) is 0 Å². The van der Waals surface area contributed by atoms with Gasteiger partial charge in [-0.05, 0) is 0 Å². The van der Waals surface area contributed by atoms with Gasteiger partial charge in [-0.1, -0.05) is 0 Å². The van der Waals surface area contributed by atoms with Gasteiger partial charge in [0.25, 0.3) is 0 Å². The minimum atomic E-state index is -1.29. The van der Waals surface area contributed by atoms with Gasteiger partial charge >= 0.3 is 0 Å². The summed E-state index contributed by atoms with van der Waals surface area (Å²) in [5.74, 6) is 0. The first-order chi connectivity index (χ1) is 5.66. The van der Waals surface area contributed by atoms with E-state index in [-0.39, 0.29) is 6.61 Å². The van der Waals surface area contributed by atoms with Crippen LogP contribution < -0.4 is 5.32 Å². The Morgan fingerprint density at radius 3 is 2.58 bits per heavy atom. The lowest BCUT2D eigenvalue weighted by Gasteiger charge is -2.34. The Morgan fingerprint density at radius 2 is 2.00 bits per heavy atom. The maximum atomic E-state index is 9.96. The highest BCUT2D eigenvalue weighted by atomic mass is 16.5. The summed E-state index contributed by atoms with van der Waals surface area (Å²) in [5, 5.41) is 29.4. The molecule has 1 heterocycles. The number of aliphatic hydroxyl groups excluding tert-OH is 3. The third kappa shape index (κ3) is 1.72. The van der Waals surface area contributed by atoms with Gasteiger partial charge in [-0.15, -0.1) is 0 Å². The van der Waals surface area contributed by atoms with Crippen molar-refractivity contribution < 1.29 is 24.9 Å². The van der Waals surface area contributed by atoms with Crippen molar-refractivity contribution in [2.75, 3.05) is 6.61 Å². The number of hydrogen-bond donors (Lipinski definition) is 4. The van der Waals surface area contributed by atoms with Crippen molar-refractivity contribution in [3.05, 3.63) is 0 Å². The van der Waals surface area contributed by atoms with Gasteiger partial charge in [-0.3, -0.25) is 4.79 Å². The minimum absolute atomic E-state index is 0.107. The Hall–Kier alpha value is -0.690. The third-order valence-corrected chi connectivity index (χ3v) is 1.73. The van der Waals surface area contributed by atoms with E-state index in [9.17, 15) is 9.90 Å². The predicted octanol–water partition coefficient (Wildman–Crippen LogP) is -2.83. The number of hydrogen-bond acceptors (Lipinski definition) is 5. The molecular formula is C6H11NO5. The lowest BCUT2D eigenvalue weighted by atomic mass is 10.0. The van der Waals surface area contributed by atoms with Crippen LogP contribution in [0.15, 0.2) is 0 Å². The highest BCUT2D eigenvalue weighted by Gasteiger charge is 2.37. The Labute approximate surface area is 68.8 Å². The molecule has 1 rings (SSSR count). The van der Waals surface area contributed by atoms with E-state index in [2.05, 4.69) is 5.32 Å². The molecule has 6 nitrogen and oxygen atoms in total. The third-order valence-electron chi connectivity index (χ3n) is 1.73. The number of ether oxygens (including phenoxy) is 1. The largest absolute Gasteiger partial charge is 0.388 e. The van der Waals surface area contributed by atoms with E-state index in [0.717, 1.165) is 0 Å². The summed E-state index contributed by atoms with van der Waals surface area (Å²) in [6.45, 7) is -0.107. The van der Waals surface area contributed by atoms with E-state index in [1.807, 2.05) is 0 Å². The van der Waals surface area contributed by atoms with Gasteiger partial charge in [0, 0.05) is 0 Å². The summed E-state index contributed by atoms with van der Waals surface area (Å²) in [4.78, 5) is 9.96. The Kier molecular flexibility index (Phi) is 2.99. The molecule has 0 bridgehead atoms. The number of rotatable bonds is 2.